The number of H-pyrrole nitrogens is 1. The lowest BCUT2D eigenvalue weighted by atomic mass is 10.2. The number of alkyl halides is 3. The average Bonchev–Trinajstić information content (AvgIpc) is 3.12. The number of hydrogen-bond donors (Lipinski definition) is 3. The van der Waals surface area contributed by atoms with E-state index in [1.54, 1.807) is 5.10 Å². The van der Waals surface area contributed by atoms with Crippen LogP contribution >= 0.6 is 0 Å². The van der Waals surface area contributed by atoms with Crippen molar-refractivity contribution in [2.75, 3.05) is 11.9 Å². The molecule has 0 aromatic carbocycles. The molecule has 0 radical (unpaired) electrons. The van der Waals surface area contributed by atoms with Gasteiger partial charge in [-0.1, -0.05) is 13.8 Å². The number of rotatable bonds is 5. The van der Waals surface area contributed by atoms with Gasteiger partial charge in [-0.05, 0) is 5.92 Å². The maximum atomic E-state index is 12.5. The summed E-state index contributed by atoms with van der Waals surface area (Å²) in [5.41, 5.74) is -1.44. The Balaban J connectivity index is 2.16. The van der Waals surface area contributed by atoms with Gasteiger partial charge >= 0.3 is 6.18 Å². The van der Waals surface area contributed by atoms with Crippen LogP contribution in [-0.4, -0.2) is 38.3 Å². The van der Waals surface area contributed by atoms with Crippen molar-refractivity contribution in [3.63, 3.8) is 0 Å². The van der Waals surface area contributed by atoms with E-state index < -0.39 is 29.4 Å². The lowest BCUT2D eigenvalue weighted by Gasteiger charge is -2.10. The number of aromatic amines is 1. The third-order valence-electron chi connectivity index (χ3n) is 3.19. The van der Waals surface area contributed by atoms with Crippen LogP contribution in [0.25, 0.3) is 0 Å². The van der Waals surface area contributed by atoms with Crippen molar-refractivity contribution >= 4 is 17.5 Å². The topological polar surface area (TPSA) is 105 Å². The zero-order valence-corrected chi connectivity index (χ0v) is 13.7. The summed E-state index contributed by atoms with van der Waals surface area (Å²) in [6.45, 7) is 4.26. The third-order valence-corrected chi connectivity index (χ3v) is 3.19. The molecule has 0 spiro atoms. The Morgan fingerprint density at radius 1 is 1.32 bits per heavy atom. The fourth-order valence-corrected chi connectivity index (χ4v) is 1.95. The van der Waals surface area contributed by atoms with Crippen molar-refractivity contribution in [2.24, 2.45) is 13.0 Å². The first-order valence-corrected chi connectivity index (χ1v) is 7.33. The van der Waals surface area contributed by atoms with E-state index in [1.807, 2.05) is 13.8 Å². The molecule has 0 unspecified atom stereocenters. The summed E-state index contributed by atoms with van der Waals surface area (Å²) in [6, 6.07) is 0.588. The van der Waals surface area contributed by atoms with Gasteiger partial charge in [0.25, 0.3) is 11.8 Å². The van der Waals surface area contributed by atoms with Gasteiger partial charge in [-0.2, -0.15) is 23.4 Å². The van der Waals surface area contributed by atoms with Crippen molar-refractivity contribution in [3.05, 3.63) is 29.3 Å². The van der Waals surface area contributed by atoms with Crippen molar-refractivity contribution in [1.29, 1.82) is 0 Å². The minimum Gasteiger partial charge on any atom is -0.350 e. The number of halogens is 3. The SMILES string of the molecule is CC(C)CNC(=O)c1c(NC(=O)c2cc(C(F)(F)F)[nH]n2)cnn1C. The Morgan fingerprint density at radius 3 is 2.56 bits per heavy atom. The number of nitrogens with zero attached hydrogens (tertiary/aromatic N) is 3. The van der Waals surface area contributed by atoms with E-state index in [2.05, 4.69) is 20.8 Å². The molecule has 2 aromatic heterocycles. The Bertz CT molecular complexity index is 778. The molecule has 2 amide bonds. The molecule has 2 rings (SSSR count). The molecule has 0 saturated carbocycles. The first-order valence-electron chi connectivity index (χ1n) is 7.33. The maximum absolute atomic E-state index is 12.5. The molecule has 8 nitrogen and oxygen atoms in total. The van der Waals surface area contributed by atoms with Crippen molar-refractivity contribution in [3.8, 4) is 0 Å². The first-order chi connectivity index (χ1) is 11.6. The number of amides is 2. The van der Waals surface area contributed by atoms with E-state index in [0.29, 0.717) is 12.6 Å². The van der Waals surface area contributed by atoms with Gasteiger partial charge in [0.2, 0.25) is 0 Å². The molecular formula is C14H17F3N6O2. The Labute approximate surface area is 140 Å². The zero-order chi connectivity index (χ0) is 18.8. The number of carbonyl (C=O) groups excluding carboxylic acids is 2. The molecule has 2 aromatic rings. The smallest absolute Gasteiger partial charge is 0.350 e. The van der Waals surface area contributed by atoms with Gasteiger partial charge in [-0.3, -0.25) is 19.4 Å². The average molecular weight is 358 g/mol. The minimum absolute atomic E-state index is 0.0744. The van der Waals surface area contributed by atoms with Gasteiger partial charge in [-0.15, -0.1) is 0 Å². The van der Waals surface area contributed by atoms with Crippen LogP contribution in [0.2, 0.25) is 0 Å². The summed E-state index contributed by atoms with van der Waals surface area (Å²) in [7, 11) is 1.51. The molecule has 0 fully saturated rings. The van der Waals surface area contributed by atoms with E-state index in [-0.39, 0.29) is 17.3 Å². The Morgan fingerprint density at radius 2 is 2.00 bits per heavy atom. The monoisotopic (exact) mass is 358 g/mol. The second kappa shape index (κ2) is 6.95. The summed E-state index contributed by atoms with van der Waals surface area (Å²) < 4.78 is 38.9. The van der Waals surface area contributed by atoms with Crippen molar-refractivity contribution in [1.82, 2.24) is 25.3 Å². The maximum Gasteiger partial charge on any atom is 0.432 e. The molecule has 3 N–H and O–H groups in total. The molecule has 0 saturated heterocycles. The number of nitrogens with one attached hydrogen (secondary N) is 3. The number of aryl methyl sites for hydroxylation is 1. The van der Waals surface area contributed by atoms with Crippen LogP contribution in [-0.2, 0) is 13.2 Å². The highest BCUT2D eigenvalue weighted by atomic mass is 19.4. The summed E-state index contributed by atoms with van der Waals surface area (Å²) >= 11 is 0. The zero-order valence-electron chi connectivity index (χ0n) is 13.7. The molecule has 2 heterocycles. The fourth-order valence-electron chi connectivity index (χ4n) is 1.95. The quantitative estimate of drug-likeness (QED) is 0.758. The van der Waals surface area contributed by atoms with E-state index in [4.69, 9.17) is 0 Å². The number of aromatic nitrogens is 4. The van der Waals surface area contributed by atoms with Gasteiger partial charge < -0.3 is 10.6 Å². The highest BCUT2D eigenvalue weighted by Crippen LogP contribution is 2.27. The summed E-state index contributed by atoms with van der Waals surface area (Å²) in [4.78, 5) is 24.3. The molecule has 0 bridgehead atoms. The number of carbonyl (C=O) groups is 2. The predicted octanol–water partition coefficient (Wildman–Crippen LogP) is 1.80. The molecule has 136 valence electrons. The van der Waals surface area contributed by atoms with Gasteiger partial charge in [-0.25, -0.2) is 0 Å². The number of anilines is 1. The van der Waals surface area contributed by atoms with Crippen LogP contribution < -0.4 is 10.6 Å². The minimum atomic E-state index is -4.64. The van der Waals surface area contributed by atoms with E-state index >= 15 is 0 Å². The molecule has 0 atom stereocenters. The molecule has 0 aliphatic heterocycles. The van der Waals surface area contributed by atoms with Crippen LogP contribution in [0.1, 0.15) is 40.5 Å². The molecule has 11 heteroatoms. The van der Waals surface area contributed by atoms with Crippen LogP contribution in [0.15, 0.2) is 12.3 Å². The third kappa shape index (κ3) is 4.37. The fraction of sp³-hybridized carbons (Fsp3) is 0.429. The first kappa shape index (κ1) is 18.5. The van der Waals surface area contributed by atoms with E-state index in [1.165, 1.54) is 17.9 Å². The van der Waals surface area contributed by atoms with Crippen LogP contribution in [0.3, 0.4) is 0 Å². The number of hydrogen-bond acceptors (Lipinski definition) is 4. The lowest BCUT2D eigenvalue weighted by molar-refractivity contribution is -0.141. The lowest BCUT2D eigenvalue weighted by Crippen LogP contribution is -2.30. The molecule has 25 heavy (non-hydrogen) atoms. The summed E-state index contributed by atoms with van der Waals surface area (Å²) in [5, 5.41) is 14.0. The van der Waals surface area contributed by atoms with Gasteiger partial charge in [0.1, 0.15) is 11.4 Å². The molecule has 0 aliphatic carbocycles. The second-order valence-corrected chi connectivity index (χ2v) is 5.75. The van der Waals surface area contributed by atoms with Crippen molar-refractivity contribution in [2.45, 2.75) is 20.0 Å². The van der Waals surface area contributed by atoms with Crippen molar-refractivity contribution < 1.29 is 22.8 Å². The summed E-state index contributed by atoms with van der Waals surface area (Å²) in [6.07, 6.45) is -3.40. The summed E-state index contributed by atoms with van der Waals surface area (Å²) in [5.74, 6) is -1.13. The van der Waals surface area contributed by atoms with Crippen LogP contribution in [0, 0.1) is 5.92 Å². The Hall–Kier alpha value is -2.85. The largest absolute Gasteiger partial charge is 0.432 e. The molecule has 0 aliphatic rings. The standard InChI is InChI=1S/C14H17F3N6O2/c1-7(2)5-18-13(25)11-9(6-19-23(11)3)20-12(24)8-4-10(22-21-8)14(15,16)17/h4,6-7H,5H2,1-3H3,(H,18,25)(H,20,24)(H,21,22). The predicted molar refractivity (Wildman–Crippen MR) is 81.9 cm³/mol. The second-order valence-electron chi connectivity index (χ2n) is 5.75. The van der Waals surface area contributed by atoms with Crippen LogP contribution in [0.5, 0.6) is 0 Å². The van der Waals surface area contributed by atoms with Crippen LogP contribution in [0.4, 0.5) is 18.9 Å². The van der Waals surface area contributed by atoms with Gasteiger partial charge in [0.15, 0.2) is 5.69 Å². The Kier molecular flexibility index (Phi) is 5.14. The normalized spacial score (nSPS) is 11.6. The highest BCUT2D eigenvalue weighted by Gasteiger charge is 2.34. The van der Waals surface area contributed by atoms with E-state index in [0.717, 1.165) is 0 Å². The molecular weight excluding hydrogens is 341 g/mol. The van der Waals surface area contributed by atoms with Gasteiger partial charge in [0, 0.05) is 19.7 Å². The van der Waals surface area contributed by atoms with E-state index in [9.17, 15) is 22.8 Å². The van der Waals surface area contributed by atoms with Gasteiger partial charge in [0.05, 0.1) is 11.9 Å². The highest BCUT2D eigenvalue weighted by molar-refractivity contribution is 6.07.